The van der Waals surface area contributed by atoms with Crippen molar-refractivity contribution in [2.24, 2.45) is 0 Å². The number of amides is 1. The van der Waals surface area contributed by atoms with E-state index in [4.69, 9.17) is 9.47 Å². The van der Waals surface area contributed by atoms with Gasteiger partial charge in [0.25, 0.3) is 11.5 Å². The Morgan fingerprint density at radius 3 is 2.37 bits per heavy atom. The van der Waals surface area contributed by atoms with Crippen molar-refractivity contribution in [2.75, 3.05) is 19.5 Å². The fourth-order valence-corrected chi connectivity index (χ4v) is 3.36. The summed E-state index contributed by atoms with van der Waals surface area (Å²) in [5, 5.41) is 3.92. The second-order valence-corrected chi connectivity index (χ2v) is 6.62. The largest absolute Gasteiger partial charge is 0.497 e. The molecule has 0 spiro atoms. The molecule has 4 aromatic rings. The maximum atomic E-state index is 13.2. The Morgan fingerprint density at radius 2 is 1.60 bits per heavy atom. The van der Waals surface area contributed by atoms with E-state index >= 15 is 0 Å². The zero-order chi connectivity index (χ0) is 21.1. The van der Waals surface area contributed by atoms with E-state index in [0.717, 1.165) is 0 Å². The minimum absolute atomic E-state index is 0.215. The zero-order valence-corrected chi connectivity index (χ0v) is 16.6. The first-order valence-corrected chi connectivity index (χ1v) is 9.35. The molecular weight excluding hydrogens is 380 g/mol. The van der Waals surface area contributed by atoms with Gasteiger partial charge in [0, 0.05) is 23.0 Å². The monoisotopic (exact) mass is 400 g/mol. The molecule has 0 saturated heterocycles. The van der Waals surface area contributed by atoms with E-state index in [0.29, 0.717) is 39.2 Å². The van der Waals surface area contributed by atoms with Crippen LogP contribution in [-0.4, -0.2) is 24.7 Å². The lowest BCUT2D eigenvalue weighted by atomic mass is 10.1. The van der Waals surface area contributed by atoms with Crippen LogP contribution in [0.3, 0.4) is 0 Å². The first-order valence-electron chi connectivity index (χ1n) is 9.35. The molecule has 1 N–H and O–H groups in total. The van der Waals surface area contributed by atoms with Crippen LogP contribution in [0.15, 0.2) is 83.8 Å². The SMILES string of the molecule is COc1cccc(-n2cc(C(=O)Nc3ccccc3OC)c3ccccc3c2=O)c1. The van der Waals surface area contributed by atoms with Crippen LogP contribution in [-0.2, 0) is 0 Å². The minimum atomic E-state index is -0.340. The molecule has 6 heteroatoms. The lowest BCUT2D eigenvalue weighted by Gasteiger charge is -2.14. The van der Waals surface area contributed by atoms with Crippen molar-refractivity contribution in [3.8, 4) is 17.2 Å². The van der Waals surface area contributed by atoms with Gasteiger partial charge in [0.05, 0.1) is 31.2 Å². The molecule has 150 valence electrons. The number of carbonyl (C=O) groups is 1. The molecule has 1 heterocycles. The summed E-state index contributed by atoms with van der Waals surface area (Å²) in [6, 6.07) is 21.4. The maximum absolute atomic E-state index is 13.2. The summed E-state index contributed by atoms with van der Waals surface area (Å²) >= 11 is 0. The maximum Gasteiger partial charge on any atom is 0.262 e. The van der Waals surface area contributed by atoms with Gasteiger partial charge in [0.2, 0.25) is 0 Å². The summed E-state index contributed by atoms with van der Waals surface area (Å²) in [4.78, 5) is 26.3. The molecule has 0 aliphatic heterocycles. The molecule has 6 nitrogen and oxygen atoms in total. The molecule has 0 fully saturated rings. The van der Waals surface area contributed by atoms with Crippen LogP contribution in [0.2, 0.25) is 0 Å². The van der Waals surface area contributed by atoms with Crippen LogP contribution < -0.4 is 20.3 Å². The number of fused-ring (bicyclic) bond motifs is 1. The van der Waals surface area contributed by atoms with Crippen LogP contribution in [0.1, 0.15) is 10.4 Å². The Morgan fingerprint density at radius 1 is 0.867 bits per heavy atom. The summed E-state index contributed by atoms with van der Waals surface area (Å²) in [6.45, 7) is 0. The third-order valence-corrected chi connectivity index (χ3v) is 4.86. The number of ether oxygens (including phenoxy) is 2. The van der Waals surface area contributed by atoms with Gasteiger partial charge in [-0.05, 0) is 30.3 Å². The van der Waals surface area contributed by atoms with Crippen molar-refractivity contribution in [2.45, 2.75) is 0 Å². The van der Waals surface area contributed by atoms with E-state index in [1.54, 1.807) is 81.1 Å². The van der Waals surface area contributed by atoms with Crippen molar-refractivity contribution >= 4 is 22.4 Å². The number of methoxy groups -OCH3 is 2. The normalized spacial score (nSPS) is 10.6. The average molecular weight is 400 g/mol. The van der Waals surface area contributed by atoms with Gasteiger partial charge in [-0.2, -0.15) is 0 Å². The lowest BCUT2D eigenvalue weighted by Crippen LogP contribution is -2.22. The first-order chi connectivity index (χ1) is 14.6. The number of carbonyl (C=O) groups excluding carboxylic acids is 1. The van der Waals surface area contributed by atoms with E-state index in [-0.39, 0.29) is 11.5 Å². The highest BCUT2D eigenvalue weighted by atomic mass is 16.5. The molecule has 0 bridgehead atoms. The number of hydrogen-bond donors (Lipinski definition) is 1. The molecule has 30 heavy (non-hydrogen) atoms. The summed E-state index contributed by atoms with van der Waals surface area (Å²) in [6.07, 6.45) is 1.56. The zero-order valence-electron chi connectivity index (χ0n) is 16.6. The van der Waals surface area contributed by atoms with Gasteiger partial charge < -0.3 is 14.8 Å². The van der Waals surface area contributed by atoms with Crippen molar-refractivity contribution in [1.82, 2.24) is 4.57 Å². The molecule has 0 unspecified atom stereocenters. The molecular formula is C24H20N2O4. The Hall–Kier alpha value is -4.06. The van der Waals surface area contributed by atoms with Gasteiger partial charge in [-0.15, -0.1) is 0 Å². The van der Waals surface area contributed by atoms with Gasteiger partial charge >= 0.3 is 0 Å². The fraction of sp³-hybridized carbons (Fsp3) is 0.0833. The lowest BCUT2D eigenvalue weighted by molar-refractivity contribution is 0.102. The van der Waals surface area contributed by atoms with Crippen LogP contribution in [0, 0.1) is 0 Å². The molecule has 4 rings (SSSR count). The number of anilines is 1. The van der Waals surface area contributed by atoms with E-state index in [2.05, 4.69) is 5.32 Å². The van der Waals surface area contributed by atoms with Gasteiger partial charge in [0.1, 0.15) is 11.5 Å². The van der Waals surface area contributed by atoms with Crippen LogP contribution in [0.4, 0.5) is 5.69 Å². The van der Waals surface area contributed by atoms with Crippen molar-refractivity contribution < 1.29 is 14.3 Å². The second-order valence-electron chi connectivity index (χ2n) is 6.62. The molecule has 3 aromatic carbocycles. The molecule has 0 radical (unpaired) electrons. The van der Waals surface area contributed by atoms with Crippen molar-refractivity contribution in [3.05, 3.63) is 94.9 Å². The van der Waals surface area contributed by atoms with E-state index < -0.39 is 0 Å². The number of aromatic nitrogens is 1. The summed E-state index contributed by atoms with van der Waals surface area (Å²) in [5.41, 5.74) is 1.32. The molecule has 0 aliphatic carbocycles. The highest BCUT2D eigenvalue weighted by Gasteiger charge is 2.17. The molecule has 1 aromatic heterocycles. The standard InChI is InChI=1S/C24H20N2O4/c1-29-17-9-7-8-16(14-17)26-15-20(18-10-3-4-11-19(18)24(26)28)23(27)25-21-12-5-6-13-22(21)30-2/h3-15H,1-2H3,(H,25,27). The highest BCUT2D eigenvalue weighted by molar-refractivity contribution is 6.13. The Labute approximate surface area is 173 Å². The molecule has 0 saturated carbocycles. The fourth-order valence-electron chi connectivity index (χ4n) is 3.36. The third-order valence-electron chi connectivity index (χ3n) is 4.86. The van der Waals surface area contributed by atoms with Crippen LogP contribution in [0.5, 0.6) is 11.5 Å². The predicted octanol–water partition coefficient (Wildman–Crippen LogP) is 4.26. The molecule has 0 aliphatic rings. The Balaban J connectivity index is 1.88. The first kappa shape index (κ1) is 19.3. The van der Waals surface area contributed by atoms with E-state index in [1.807, 2.05) is 12.1 Å². The van der Waals surface area contributed by atoms with E-state index in [1.165, 1.54) is 4.57 Å². The number of rotatable bonds is 5. The van der Waals surface area contributed by atoms with E-state index in [9.17, 15) is 9.59 Å². The van der Waals surface area contributed by atoms with Crippen molar-refractivity contribution in [3.63, 3.8) is 0 Å². The summed E-state index contributed by atoms with van der Waals surface area (Å²) in [7, 11) is 3.11. The van der Waals surface area contributed by atoms with Gasteiger partial charge in [-0.3, -0.25) is 14.2 Å². The summed E-state index contributed by atoms with van der Waals surface area (Å²) in [5.74, 6) is 0.830. The number of benzene rings is 3. The van der Waals surface area contributed by atoms with Crippen LogP contribution >= 0.6 is 0 Å². The van der Waals surface area contributed by atoms with Gasteiger partial charge in [-0.1, -0.05) is 36.4 Å². The summed E-state index contributed by atoms with van der Waals surface area (Å²) < 4.78 is 12.1. The van der Waals surface area contributed by atoms with Gasteiger partial charge in [-0.25, -0.2) is 0 Å². The van der Waals surface area contributed by atoms with Gasteiger partial charge in [0.15, 0.2) is 0 Å². The Bertz CT molecular complexity index is 1290. The topological polar surface area (TPSA) is 69.6 Å². The highest BCUT2D eigenvalue weighted by Crippen LogP contribution is 2.25. The number of nitrogens with zero attached hydrogens (tertiary/aromatic N) is 1. The smallest absolute Gasteiger partial charge is 0.262 e. The predicted molar refractivity (Wildman–Crippen MR) is 117 cm³/mol. The van der Waals surface area contributed by atoms with Crippen molar-refractivity contribution in [1.29, 1.82) is 0 Å². The number of para-hydroxylation sites is 2. The number of pyridine rings is 1. The number of nitrogens with one attached hydrogen (secondary N) is 1. The minimum Gasteiger partial charge on any atom is -0.497 e. The second kappa shape index (κ2) is 8.13. The third kappa shape index (κ3) is 3.51. The molecule has 0 atom stereocenters. The Kier molecular flexibility index (Phi) is 5.22. The molecule has 1 amide bonds. The average Bonchev–Trinajstić information content (AvgIpc) is 2.79. The van der Waals surface area contributed by atoms with Crippen LogP contribution in [0.25, 0.3) is 16.5 Å². The quantitative estimate of drug-likeness (QED) is 0.543. The number of hydrogen-bond acceptors (Lipinski definition) is 4.